The van der Waals surface area contributed by atoms with E-state index in [0.717, 1.165) is 16.9 Å². The lowest BCUT2D eigenvalue weighted by Crippen LogP contribution is -2.46. The van der Waals surface area contributed by atoms with Crippen molar-refractivity contribution in [1.29, 1.82) is 0 Å². The molecule has 120 valence electrons. The monoisotopic (exact) mass is 304 g/mol. The molecule has 1 saturated heterocycles. The van der Waals surface area contributed by atoms with Gasteiger partial charge in [0, 0.05) is 19.0 Å². The van der Waals surface area contributed by atoms with Gasteiger partial charge in [0.25, 0.3) is 5.91 Å². The summed E-state index contributed by atoms with van der Waals surface area (Å²) >= 11 is 0. The number of piperidine rings is 1. The van der Waals surface area contributed by atoms with E-state index >= 15 is 0 Å². The molecule has 5 heteroatoms. The van der Waals surface area contributed by atoms with E-state index in [2.05, 4.69) is 0 Å². The Labute approximate surface area is 131 Å². The second-order valence-electron chi connectivity index (χ2n) is 5.96. The van der Waals surface area contributed by atoms with Crippen molar-refractivity contribution in [2.45, 2.75) is 39.7 Å². The highest BCUT2D eigenvalue weighted by atomic mass is 16.5. The summed E-state index contributed by atoms with van der Waals surface area (Å²) in [6.45, 7) is 6.90. The first kappa shape index (κ1) is 16.3. The molecular formula is C17H24N2O3. The molecule has 0 aromatic heterocycles. The fourth-order valence-corrected chi connectivity index (χ4v) is 2.73. The van der Waals surface area contributed by atoms with E-state index in [0.29, 0.717) is 25.9 Å². The fourth-order valence-electron chi connectivity index (χ4n) is 2.73. The largest absolute Gasteiger partial charge is 0.481 e. The van der Waals surface area contributed by atoms with E-state index in [-0.39, 0.29) is 17.7 Å². The lowest BCUT2D eigenvalue weighted by molar-refractivity contribution is -0.140. The van der Waals surface area contributed by atoms with Gasteiger partial charge in [0.15, 0.2) is 6.10 Å². The van der Waals surface area contributed by atoms with E-state index < -0.39 is 6.10 Å². The number of carbonyl (C=O) groups excluding carboxylic acids is 2. The van der Waals surface area contributed by atoms with Gasteiger partial charge < -0.3 is 15.4 Å². The highest BCUT2D eigenvalue weighted by Gasteiger charge is 2.29. The van der Waals surface area contributed by atoms with E-state index in [1.807, 2.05) is 32.0 Å². The summed E-state index contributed by atoms with van der Waals surface area (Å²) in [5, 5.41) is 0. The van der Waals surface area contributed by atoms with Crippen LogP contribution in [0.5, 0.6) is 5.75 Å². The number of carbonyl (C=O) groups is 2. The average molecular weight is 304 g/mol. The van der Waals surface area contributed by atoms with Crippen LogP contribution in [0.3, 0.4) is 0 Å². The van der Waals surface area contributed by atoms with Crippen molar-refractivity contribution in [2.24, 2.45) is 11.7 Å². The van der Waals surface area contributed by atoms with Crippen LogP contribution in [0.15, 0.2) is 18.2 Å². The normalized spacial score (nSPS) is 17.1. The molecule has 2 N–H and O–H groups in total. The molecule has 22 heavy (non-hydrogen) atoms. The van der Waals surface area contributed by atoms with Gasteiger partial charge in [0.2, 0.25) is 5.91 Å². The van der Waals surface area contributed by atoms with E-state index in [1.165, 1.54) is 0 Å². The molecule has 5 nitrogen and oxygen atoms in total. The first-order chi connectivity index (χ1) is 10.4. The SMILES string of the molecule is Cc1cccc(OC(C)C(=O)N2CCC(C(N)=O)CC2)c1C. The maximum absolute atomic E-state index is 12.5. The Morgan fingerprint density at radius 1 is 1.27 bits per heavy atom. The molecule has 0 saturated carbocycles. The van der Waals surface area contributed by atoms with Crippen LogP contribution in [0.25, 0.3) is 0 Å². The number of rotatable bonds is 4. The van der Waals surface area contributed by atoms with Crippen molar-refractivity contribution in [1.82, 2.24) is 4.90 Å². The zero-order chi connectivity index (χ0) is 16.3. The third-order valence-corrected chi connectivity index (χ3v) is 4.42. The Hall–Kier alpha value is -2.04. The number of amides is 2. The minimum atomic E-state index is -0.536. The van der Waals surface area contributed by atoms with Gasteiger partial charge in [0.05, 0.1) is 0 Å². The molecule has 1 aliphatic rings. The number of benzene rings is 1. The number of nitrogens with two attached hydrogens (primary N) is 1. The summed E-state index contributed by atoms with van der Waals surface area (Å²) in [5.41, 5.74) is 7.50. The Balaban J connectivity index is 1.95. The molecule has 0 spiro atoms. The fraction of sp³-hybridized carbons (Fsp3) is 0.529. The second-order valence-corrected chi connectivity index (χ2v) is 5.96. The van der Waals surface area contributed by atoms with E-state index in [9.17, 15) is 9.59 Å². The van der Waals surface area contributed by atoms with Crippen LogP contribution in [0, 0.1) is 19.8 Å². The number of hydrogen-bond donors (Lipinski definition) is 1. The second kappa shape index (κ2) is 6.81. The number of hydrogen-bond acceptors (Lipinski definition) is 3. The van der Waals surface area contributed by atoms with E-state index in [1.54, 1.807) is 11.8 Å². The first-order valence-electron chi connectivity index (χ1n) is 7.71. The van der Waals surface area contributed by atoms with Crippen LogP contribution in [0.2, 0.25) is 0 Å². The van der Waals surface area contributed by atoms with Crippen LogP contribution in [0.1, 0.15) is 30.9 Å². The molecular weight excluding hydrogens is 280 g/mol. The smallest absolute Gasteiger partial charge is 0.263 e. The van der Waals surface area contributed by atoms with Crippen LogP contribution in [-0.4, -0.2) is 35.9 Å². The van der Waals surface area contributed by atoms with Gasteiger partial charge in [0.1, 0.15) is 5.75 Å². The van der Waals surface area contributed by atoms with E-state index in [4.69, 9.17) is 10.5 Å². The van der Waals surface area contributed by atoms with Gasteiger partial charge >= 0.3 is 0 Å². The summed E-state index contributed by atoms with van der Waals surface area (Å²) < 4.78 is 5.83. The minimum absolute atomic E-state index is 0.0381. The topological polar surface area (TPSA) is 72.6 Å². The summed E-state index contributed by atoms with van der Waals surface area (Å²) in [6, 6.07) is 5.82. The lowest BCUT2D eigenvalue weighted by atomic mass is 9.96. The molecule has 1 atom stereocenters. The Bertz CT molecular complexity index is 563. The number of nitrogens with zero attached hydrogens (tertiary/aromatic N) is 1. The number of likely N-dealkylation sites (tertiary alicyclic amines) is 1. The molecule has 2 amide bonds. The molecule has 0 aliphatic carbocycles. The molecule has 1 fully saturated rings. The molecule has 1 unspecified atom stereocenters. The van der Waals surface area contributed by atoms with Crippen LogP contribution >= 0.6 is 0 Å². The van der Waals surface area contributed by atoms with Gasteiger partial charge in [-0.05, 0) is 50.8 Å². The average Bonchev–Trinajstić information content (AvgIpc) is 2.51. The van der Waals surface area contributed by atoms with Crippen molar-refractivity contribution in [3.8, 4) is 5.75 Å². The van der Waals surface area contributed by atoms with Crippen LogP contribution < -0.4 is 10.5 Å². The Morgan fingerprint density at radius 3 is 2.50 bits per heavy atom. The van der Waals surface area contributed by atoms with Crippen molar-refractivity contribution in [3.63, 3.8) is 0 Å². The summed E-state index contributed by atoms with van der Waals surface area (Å²) in [7, 11) is 0. The molecule has 2 rings (SSSR count). The predicted molar refractivity (Wildman–Crippen MR) is 84.5 cm³/mol. The highest BCUT2D eigenvalue weighted by molar-refractivity contribution is 5.82. The minimum Gasteiger partial charge on any atom is -0.481 e. The third-order valence-electron chi connectivity index (χ3n) is 4.42. The van der Waals surface area contributed by atoms with Crippen molar-refractivity contribution >= 4 is 11.8 Å². The molecule has 1 aromatic carbocycles. The standard InChI is InChI=1S/C17H24N2O3/c1-11-5-4-6-15(12(11)2)22-13(3)17(21)19-9-7-14(8-10-19)16(18)20/h4-6,13-14H,7-10H2,1-3H3,(H2,18,20). The van der Waals surface area contributed by atoms with Crippen molar-refractivity contribution in [3.05, 3.63) is 29.3 Å². The van der Waals surface area contributed by atoms with Crippen LogP contribution in [0.4, 0.5) is 0 Å². The van der Waals surface area contributed by atoms with Gasteiger partial charge in [-0.15, -0.1) is 0 Å². The summed E-state index contributed by atoms with van der Waals surface area (Å²) in [4.78, 5) is 25.4. The Kier molecular flexibility index (Phi) is 5.06. The molecule has 0 radical (unpaired) electrons. The summed E-state index contributed by atoms with van der Waals surface area (Å²) in [5.74, 6) is 0.322. The van der Waals surface area contributed by atoms with Crippen molar-refractivity contribution in [2.75, 3.05) is 13.1 Å². The number of aryl methyl sites for hydroxylation is 1. The molecule has 1 aliphatic heterocycles. The van der Waals surface area contributed by atoms with Gasteiger partial charge in [-0.25, -0.2) is 0 Å². The molecule has 0 bridgehead atoms. The summed E-state index contributed by atoms with van der Waals surface area (Å²) in [6.07, 6.45) is 0.736. The van der Waals surface area contributed by atoms with Gasteiger partial charge in [-0.1, -0.05) is 12.1 Å². The Morgan fingerprint density at radius 2 is 1.91 bits per heavy atom. The lowest BCUT2D eigenvalue weighted by Gasteiger charge is -2.32. The van der Waals surface area contributed by atoms with Crippen LogP contribution in [-0.2, 0) is 9.59 Å². The molecule has 1 heterocycles. The zero-order valence-corrected chi connectivity index (χ0v) is 13.5. The zero-order valence-electron chi connectivity index (χ0n) is 13.5. The van der Waals surface area contributed by atoms with Gasteiger partial charge in [-0.3, -0.25) is 9.59 Å². The molecule has 1 aromatic rings. The maximum Gasteiger partial charge on any atom is 0.263 e. The number of primary amides is 1. The first-order valence-corrected chi connectivity index (χ1v) is 7.71. The predicted octanol–water partition coefficient (Wildman–Crippen LogP) is 1.79. The maximum atomic E-state index is 12.5. The number of ether oxygens (including phenoxy) is 1. The van der Waals surface area contributed by atoms with Crippen molar-refractivity contribution < 1.29 is 14.3 Å². The highest BCUT2D eigenvalue weighted by Crippen LogP contribution is 2.23. The third kappa shape index (κ3) is 3.59. The quantitative estimate of drug-likeness (QED) is 0.922. The van der Waals surface area contributed by atoms with Gasteiger partial charge in [-0.2, -0.15) is 0 Å².